The minimum atomic E-state index is 0.445. The van der Waals surface area contributed by atoms with Gasteiger partial charge in [0.25, 0.3) is 0 Å². The zero-order valence-electron chi connectivity index (χ0n) is 11.1. The highest BCUT2D eigenvalue weighted by molar-refractivity contribution is 9.10. The van der Waals surface area contributed by atoms with Crippen molar-refractivity contribution >= 4 is 28.1 Å². The van der Waals surface area contributed by atoms with Gasteiger partial charge in [-0.05, 0) is 21.5 Å². The van der Waals surface area contributed by atoms with Crippen LogP contribution >= 0.6 is 28.1 Å². The highest BCUT2D eigenvalue weighted by atomic mass is 79.9. The zero-order chi connectivity index (χ0) is 14.5. The molecule has 0 saturated carbocycles. The van der Waals surface area contributed by atoms with Crippen LogP contribution in [0.5, 0.6) is 5.88 Å². The van der Waals surface area contributed by atoms with Crippen LogP contribution < -0.4 is 4.74 Å². The van der Waals surface area contributed by atoms with E-state index in [0.717, 1.165) is 21.6 Å². The monoisotopic (exact) mass is 355 g/mol. The van der Waals surface area contributed by atoms with Crippen LogP contribution in [0, 0.1) is 4.64 Å². The Labute approximate surface area is 130 Å². The van der Waals surface area contributed by atoms with Crippen molar-refractivity contribution in [2.45, 2.75) is 13.0 Å². The highest BCUT2D eigenvalue weighted by Gasteiger charge is 2.07. The average molecular weight is 356 g/mol. The molecule has 2 heterocycles. The fourth-order valence-electron chi connectivity index (χ4n) is 1.71. The van der Waals surface area contributed by atoms with Gasteiger partial charge < -0.3 is 14.5 Å². The Bertz CT molecular complexity index is 643. The summed E-state index contributed by atoms with van der Waals surface area (Å²) >= 11 is 8.64. The Morgan fingerprint density at radius 2 is 2.15 bits per heavy atom. The van der Waals surface area contributed by atoms with E-state index < -0.39 is 0 Å². The number of aromatic nitrogens is 3. The smallest absolute Gasteiger partial charge is 0.212 e. The maximum atomic E-state index is 5.23. The Morgan fingerprint density at radius 1 is 1.35 bits per heavy atom. The summed E-state index contributed by atoms with van der Waals surface area (Å²) in [6.45, 7) is 0.445. The third-order valence-electron chi connectivity index (χ3n) is 2.65. The Balaban J connectivity index is 2.26. The molecule has 0 aliphatic rings. The number of nitrogens with zero attached hydrogens (tertiary/aromatic N) is 2. The van der Waals surface area contributed by atoms with Crippen LogP contribution in [0.3, 0.4) is 0 Å². The van der Waals surface area contributed by atoms with Crippen molar-refractivity contribution in [1.29, 1.82) is 0 Å². The van der Waals surface area contributed by atoms with Gasteiger partial charge in [0.15, 0.2) is 0 Å². The molecule has 2 aromatic heterocycles. The molecule has 0 radical (unpaired) electrons. The molecule has 0 bridgehead atoms. The number of halogens is 1. The van der Waals surface area contributed by atoms with E-state index in [0.29, 0.717) is 23.5 Å². The summed E-state index contributed by atoms with van der Waals surface area (Å²) in [7, 11) is 3.23. The molecule has 106 valence electrons. The van der Waals surface area contributed by atoms with Crippen molar-refractivity contribution in [3.05, 3.63) is 44.5 Å². The molecule has 0 spiro atoms. The van der Waals surface area contributed by atoms with Gasteiger partial charge in [-0.3, -0.25) is 0 Å². The summed E-state index contributed by atoms with van der Waals surface area (Å²) in [5, 5.41) is 0. The second-order valence-electron chi connectivity index (χ2n) is 4.10. The van der Waals surface area contributed by atoms with Gasteiger partial charge in [0.05, 0.1) is 23.9 Å². The SMILES string of the molecule is COCc1[nH]c(Cc2ccc(OC)nc2)nc(=S)c1Br. The maximum Gasteiger partial charge on any atom is 0.212 e. The first-order valence-electron chi connectivity index (χ1n) is 5.89. The predicted octanol–water partition coefficient (Wildman–Crippen LogP) is 3.04. The molecule has 0 aliphatic heterocycles. The molecular weight excluding hydrogens is 342 g/mol. The molecule has 0 aromatic carbocycles. The van der Waals surface area contributed by atoms with Crippen LogP contribution in [0.15, 0.2) is 22.8 Å². The van der Waals surface area contributed by atoms with Crippen LogP contribution in [0.2, 0.25) is 0 Å². The van der Waals surface area contributed by atoms with E-state index in [1.54, 1.807) is 20.4 Å². The lowest BCUT2D eigenvalue weighted by Crippen LogP contribution is -2.04. The number of hydrogen-bond donors (Lipinski definition) is 1. The molecule has 0 atom stereocenters. The molecule has 7 heteroatoms. The number of methoxy groups -OCH3 is 2. The largest absolute Gasteiger partial charge is 0.481 e. The van der Waals surface area contributed by atoms with Gasteiger partial charge in [-0.25, -0.2) is 9.97 Å². The summed E-state index contributed by atoms with van der Waals surface area (Å²) in [6, 6.07) is 3.77. The van der Waals surface area contributed by atoms with Crippen molar-refractivity contribution in [3.63, 3.8) is 0 Å². The van der Waals surface area contributed by atoms with E-state index >= 15 is 0 Å². The van der Waals surface area contributed by atoms with E-state index in [1.165, 1.54) is 0 Å². The second kappa shape index (κ2) is 6.92. The number of nitrogens with one attached hydrogen (secondary N) is 1. The number of H-pyrrole nitrogens is 1. The quantitative estimate of drug-likeness (QED) is 0.835. The summed E-state index contributed by atoms with van der Waals surface area (Å²) in [5.41, 5.74) is 1.90. The van der Waals surface area contributed by atoms with Gasteiger partial charge in [0.2, 0.25) is 5.88 Å². The fraction of sp³-hybridized carbons (Fsp3) is 0.308. The third-order valence-corrected chi connectivity index (χ3v) is 4.06. The second-order valence-corrected chi connectivity index (χ2v) is 5.28. The van der Waals surface area contributed by atoms with Crippen LogP contribution in [-0.2, 0) is 17.8 Å². The van der Waals surface area contributed by atoms with Crippen molar-refractivity contribution in [2.24, 2.45) is 0 Å². The number of hydrogen-bond acceptors (Lipinski definition) is 5. The van der Waals surface area contributed by atoms with Crippen molar-refractivity contribution in [2.75, 3.05) is 14.2 Å². The van der Waals surface area contributed by atoms with E-state index in [4.69, 9.17) is 21.7 Å². The van der Waals surface area contributed by atoms with Gasteiger partial charge in [0.1, 0.15) is 10.5 Å². The molecule has 0 saturated heterocycles. The number of rotatable bonds is 5. The summed E-state index contributed by atoms with van der Waals surface area (Å²) < 4.78 is 11.5. The molecule has 5 nitrogen and oxygen atoms in total. The number of ether oxygens (including phenoxy) is 2. The normalized spacial score (nSPS) is 10.6. The van der Waals surface area contributed by atoms with Crippen LogP contribution in [0.25, 0.3) is 0 Å². The Kier molecular flexibility index (Phi) is 5.22. The minimum Gasteiger partial charge on any atom is -0.481 e. The lowest BCUT2D eigenvalue weighted by atomic mass is 10.2. The lowest BCUT2D eigenvalue weighted by molar-refractivity contribution is 0.180. The van der Waals surface area contributed by atoms with Gasteiger partial charge in [-0.2, -0.15) is 0 Å². The van der Waals surface area contributed by atoms with Gasteiger partial charge >= 0.3 is 0 Å². The molecule has 0 amide bonds. The first kappa shape index (κ1) is 15.1. The minimum absolute atomic E-state index is 0.445. The van der Waals surface area contributed by atoms with Crippen LogP contribution in [-0.4, -0.2) is 29.2 Å². The molecule has 0 fully saturated rings. The molecule has 2 aromatic rings. The van der Waals surface area contributed by atoms with E-state index in [1.807, 2.05) is 12.1 Å². The maximum absolute atomic E-state index is 5.23. The molecule has 20 heavy (non-hydrogen) atoms. The summed E-state index contributed by atoms with van der Waals surface area (Å²) in [6.07, 6.45) is 2.38. The van der Waals surface area contributed by atoms with E-state index in [-0.39, 0.29) is 0 Å². The van der Waals surface area contributed by atoms with Gasteiger partial charge in [0, 0.05) is 25.8 Å². The lowest BCUT2D eigenvalue weighted by Gasteiger charge is -2.08. The first-order chi connectivity index (χ1) is 9.63. The zero-order valence-corrected chi connectivity index (χ0v) is 13.5. The van der Waals surface area contributed by atoms with E-state index in [9.17, 15) is 0 Å². The first-order valence-corrected chi connectivity index (χ1v) is 7.09. The molecule has 0 unspecified atom stereocenters. The molecule has 2 rings (SSSR count). The third kappa shape index (κ3) is 3.62. The highest BCUT2D eigenvalue weighted by Crippen LogP contribution is 2.18. The molecular formula is C13H14BrN3O2S. The van der Waals surface area contributed by atoms with Crippen LogP contribution in [0.1, 0.15) is 17.1 Å². The van der Waals surface area contributed by atoms with Crippen LogP contribution in [0.4, 0.5) is 0 Å². The van der Waals surface area contributed by atoms with Crippen molar-refractivity contribution < 1.29 is 9.47 Å². The molecule has 1 N–H and O–H groups in total. The Morgan fingerprint density at radius 3 is 2.75 bits per heavy atom. The summed E-state index contributed by atoms with van der Waals surface area (Å²) in [4.78, 5) is 11.7. The van der Waals surface area contributed by atoms with Crippen molar-refractivity contribution in [1.82, 2.24) is 15.0 Å². The number of aromatic amines is 1. The number of pyridine rings is 1. The standard InChI is InChI=1S/C13H14BrN3O2S/c1-18-7-9-12(14)13(20)17-10(16-9)5-8-3-4-11(19-2)15-6-8/h3-4,6H,5,7H2,1-2H3,(H,16,17,20). The fourth-order valence-corrected chi connectivity index (χ4v) is 2.25. The van der Waals surface area contributed by atoms with Crippen molar-refractivity contribution in [3.8, 4) is 5.88 Å². The Hall–Kier alpha value is -1.31. The topological polar surface area (TPSA) is 60.0 Å². The van der Waals surface area contributed by atoms with E-state index in [2.05, 4.69) is 30.9 Å². The van der Waals surface area contributed by atoms with Gasteiger partial charge in [-0.1, -0.05) is 18.3 Å². The summed E-state index contributed by atoms with van der Waals surface area (Å²) in [5.74, 6) is 1.36. The molecule has 0 aliphatic carbocycles. The average Bonchev–Trinajstić information content (AvgIpc) is 2.45. The predicted molar refractivity (Wildman–Crippen MR) is 81.4 cm³/mol. The van der Waals surface area contributed by atoms with Gasteiger partial charge in [-0.15, -0.1) is 0 Å².